The van der Waals surface area contributed by atoms with Crippen LogP contribution in [0.2, 0.25) is 0 Å². The third-order valence-electron chi connectivity index (χ3n) is 4.15. The van der Waals surface area contributed by atoms with Gasteiger partial charge in [0.15, 0.2) is 0 Å². The summed E-state index contributed by atoms with van der Waals surface area (Å²) in [7, 11) is 0. The molecular weight excluding hydrogens is 270 g/mol. The molecule has 1 aliphatic heterocycles. The van der Waals surface area contributed by atoms with Crippen LogP contribution in [-0.4, -0.2) is 11.9 Å². The summed E-state index contributed by atoms with van der Waals surface area (Å²) in [4.78, 5) is 4.72. The second-order valence-corrected chi connectivity index (χ2v) is 5.65. The van der Waals surface area contributed by atoms with Gasteiger partial charge in [0, 0.05) is 11.1 Å². The Labute approximate surface area is 130 Å². The summed E-state index contributed by atoms with van der Waals surface area (Å²) < 4.78 is 6.20. The lowest BCUT2D eigenvalue weighted by Crippen LogP contribution is -2.11. The summed E-state index contributed by atoms with van der Waals surface area (Å²) in [6, 6.07) is 25.0. The van der Waals surface area contributed by atoms with Crippen LogP contribution in [0.15, 0.2) is 77.8 Å². The van der Waals surface area contributed by atoms with E-state index in [1.807, 2.05) is 30.3 Å². The second-order valence-electron chi connectivity index (χ2n) is 5.65. The van der Waals surface area contributed by atoms with Crippen molar-refractivity contribution in [1.82, 2.24) is 0 Å². The predicted octanol–water partition coefficient (Wildman–Crippen LogP) is 4.75. The highest BCUT2D eigenvalue weighted by Gasteiger charge is 2.30. The maximum absolute atomic E-state index is 6.20. The van der Waals surface area contributed by atoms with Crippen molar-refractivity contribution in [2.75, 3.05) is 0 Å². The largest absolute Gasteiger partial charge is 0.467 e. The second kappa shape index (κ2) is 5.30. The van der Waals surface area contributed by atoms with Crippen molar-refractivity contribution < 1.29 is 4.74 Å². The van der Waals surface area contributed by atoms with Gasteiger partial charge >= 0.3 is 0 Å². The van der Waals surface area contributed by atoms with Gasteiger partial charge < -0.3 is 4.74 Å². The van der Waals surface area contributed by atoms with E-state index in [4.69, 9.17) is 9.73 Å². The quantitative estimate of drug-likeness (QED) is 0.666. The summed E-state index contributed by atoms with van der Waals surface area (Å²) in [6.07, 6.45) is -0.0266. The van der Waals surface area contributed by atoms with Gasteiger partial charge in [-0.1, -0.05) is 60.7 Å². The first-order valence-electron chi connectivity index (χ1n) is 7.60. The van der Waals surface area contributed by atoms with Gasteiger partial charge in [0.25, 0.3) is 0 Å². The van der Waals surface area contributed by atoms with Crippen LogP contribution in [-0.2, 0) is 4.74 Å². The van der Waals surface area contributed by atoms with Crippen LogP contribution in [0, 0.1) is 0 Å². The lowest BCUT2D eigenvalue weighted by Gasteiger charge is -2.17. The lowest BCUT2D eigenvalue weighted by molar-refractivity contribution is 0.204. The van der Waals surface area contributed by atoms with Gasteiger partial charge in [-0.2, -0.15) is 0 Å². The molecule has 1 aliphatic rings. The third kappa shape index (κ3) is 2.17. The number of nitrogens with zero attached hydrogens (tertiary/aromatic N) is 1. The molecule has 2 unspecified atom stereocenters. The molecule has 0 saturated heterocycles. The Balaban J connectivity index is 1.73. The van der Waals surface area contributed by atoms with Crippen LogP contribution in [0.1, 0.15) is 24.2 Å². The number of hydrogen-bond acceptors (Lipinski definition) is 2. The molecule has 4 rings (SSSR count). The van der Waals surface area contributed by atoms with Crippen molar-refractivity contribution in [2.24, 2.45) is 4.99 Å². The van der Waals surface area contributed by atoms with Gasteiger partial charge in [0.2, 0.25) is 5.90 Å². The Kier molecular flexibility index (Phi) is 3.15. The lowest BCUT2D eigenvalue weighted by atomic mass is 9.97. The fourth-order valence-corrected chi connectivity index (χ4v) is 3.05. The van der Waals surface area contributed by atoms with Crippen molar-refractivity contribution in [1.29, 1.82) is 0 Å². The van der Waals surface area contributed by atoms with E-state index < -0.39 is 0 Å². The summed E-state index contributed by atoms with van der Waals surface area (Å²) in [5.41, 5.74) is 2.25. The normalized spacial score (nSPS) is 20.7. The summed E-state index contributed by atoms with van der Waals surface area (Å²) in [6.45, 7) is 2.11. The van der Waals surface area contributed by atoms with Crippen molar-refractivity contribution >= 4 is 16.7 Å². The molecule has 0 aromatic heterocycles. The number of ether oxygens (including phenoxy) is 1. The highest BCUT2D eigenvalue weighted by Crippen LogP contribution is 2.34. The average molecular weight is 287 g/mol. The molecular formula is C20H17NO. The zero-order chi connectivity index (χ0) is 14.9. The summed E-state index contributed by atoms with van der Waals surface area (Å²) in [5, 5.41) is 2.48. The first-order chi connectivity index (χ1) is 10.8. The molecule has 0 bridgehead atoms. The minimum Gasteiger partial charge on any atom is -0.467 e. The van der Waals surface area contributed by atoms with Gasteiger partial charge in [-0.25, -0.2) is 4.99 Å². The molecule has 108 valence electrons. The fraction of sp³-hybridized carbons (Fsp3) is 0.150. The van der Waals surface area contributed by atoms with Crippen molar-refractivity contribution in [3.05, 3.63) is 83.9 Å². The van der Waals surface area contributed by atoms with Crippen LogP contribution in [0.3, 0.4) is 0 Å². The standard InChI is InChI=1S/C20H17NO/c1-14-19(22-20(21-14)16-9-3-2-4-10-16)18-13-7-11-15-8-5-6-12-17(15)18/h2-14,19H,1H3. The molecule has 0 amide bonds. The predicted molar refractivity (Wildman–Crippen MR) is 90.2 cm³/mol. The van der Waals surface area contributed by atoms with E-state index in [1.165, 1.54) is 16.3 Å². The maximum Gasteiger partial charge on any atom is 0.217 e. The molecule has 2 heteroatoms. The van der Waals surface area contributed by atoms with Gasteiger partial charge in [0.1, 0.15) is 6.10 Å². The minimum atomic E-state index is -0.0266. The van der Waals surface area contributed by atoms with E-state index in [0.717, 1.165) is 11.5 Å². The molecule has 2 atom stereocenters. The average Bonchev–Trinajstić information content (AvgIpc) is 2.97. The first kappa shape index (κ1) is 13.1. The highest BCUT2D eigenvalue weighted by atomic mass is 16.5. The molecule has 0 N–H and O–H groups in total. The van der Waals surface area contributed by atoms with E-state index in [-0.39, 0.29) is 12.1 Å². The molecule has 3 aromatic carbocycles. The first-order valence-corrected chi connectivity index (χ1v) is 7.60. The Morgan fingerprint density at radius 2 is 1.55 bits per heavy atom. The van der Waals surface area contributed by atoms with Crippen LogP contribution < -0.4 is 0 Å². The number of aliphatic imine (C=N–C) groups is 1. The summed E-state index contributed by atoms with van der Waals surface area (Å²) >= 11 is 0. The van der Waals surface area contributed by atoms with E-state index in [1.54, 1.807) is 0 Å². The molecule has 1 heterocycles. The van der Waals surface area contributed by atoms with Crippen molar-refractivity contribution in [3.63, 3.8) is 0 Å². The molecule has 3 aromatic rings. The number of rotatable bonds is 2. The zero-order valence-corrected chi connectivity index (χ0v) is 12.4. The molecule has 0 aliphatic carbocycles. The number of fused-ring (bicyclic) bond motifs is 1. The smallest absolute Gasteiger partial charge is 0.217 e. The van der Waals surface area contributed by atoms with E-state index in [9.17, 15) is 0 Å². The van der Waals surface area contributed by atoms with Crippen LogP contribution in [0.5, 0.6) is 0 Å². The Morgan fingerprint density at radius 1 is 0.818 bits per heavy atom. The van der Waals surface area contributed by atoms with Gasteiger partial charge in [-0.15, -0.1) is 0 Å². The topological polar surface area (TPSA) is 21.6 Å². The number of benzene rings is 3. The van der Waals surface area contributed by atoms with E-state index in [0.29, 0.717) is 0 Å². The Bertz CT molecular complexity index is 833. The molecule has 0 spiro atoms. The Morgan fingerprint density at radius 3 is 2.41 bits per heavy atom. The zero-order valence-electron chi connectivity index (χ0n) is 12.4. The Hall–Kier alpha value is -2.61. The van der Waals surface area contributed by atoms with Gasteiger partial charge in [-0.05, 0) is 29.8 Å². The highest BCUT2D eigenvalue weighted by molar-refractivity contribution is 5.96. The van der Waals surface area contributed by atoms with Crippen molar-refractivity contribution in [3.8, 4) is 0 Å². The van der Waals surface area contributed by atoms with Gasteiger partial charge in [0.05, 0.1) is 6.04 Å². The molecule has 0 fully saturated rings. The minimum absolute atomic E-state index is 0.0266. The molecule has 2 nitrogen and oxygen atoms in total. The van der Waals surface area contributed by atoms with Crippen LogP contribution in [0.4, 0.5) is 0 Å². The molecule has 0 saturated carbocycles. The number of hydrogen-bond donors (Lipinski definition) is 0. The van der Waals surface area contributed by atoms with E-state index >= 15 is 0 Å². The van der Waals surface area contributed by atoms with E-state index in [2.05, 4.69) is 49.4 Å². The monoisotopic (exact) mass is 287 g/mol. The third-order valence-corrected chi connectivity index (χ3v) is 4.15. The fourth-order valence-electron chi connectivity index (χ4n) is 3.05. The molecule has 0 radical (unpaired) electrons. The SMILES string of the molecule is CC1N=C(c2ccccc2)OC1c1cccc2ccccc12. The van der Waals surface area contributed by atoms with Gasteiger partial charge in [-0.3, -0.25) is 0 Å². The van der Waals surface area contributed by atoms with Crippen LogP contribution >= 0.6 is 0 Å². The van der Waals surface area contributed by atoms with Crippen molar-refractivity contribution in [2.45, 2.75) is 19.1 Å². The summed E-state index contributed by atoms with van der Waals surface area (Å²) in [5.74, 6) is 0.742. The maximum atomic E-state index is 6.20. The van der Waals surface area contributed by atoms with Crippen LogP contribution in [0.25, 0.3) is 10.8 Å². The molecule has 22 heavy (non-hydrogen) atoms.